The van der Waals surface area contributed by atoms with Gasteiger partial charge >= 0.3 is 0 Å². The molecule has 0 spiro atoms. The summed E-state index contributed by atoms with van der Waals surface area (Å²) in [6.45, 7) is 5.90. The van der Waals surface area contributed by atoms with Crippen LogP contribution in [-0.4, -0.2) is 41.3 Å². The van der Waals surface area contributed by atoms with Crippen LogP contribution in [0.3, 0.4) is 0 Å². The van der Waals surface area contributed by atoms with Crippen LogP contribution in [0.2, 0.25) is 0 Å². The Kier molecular flexibility index (Phi) is 6.32. The summed E-state index contributed by atoms with van der Waals surface area (Å²) in [4.78, 5) is 30.2. The second kappa shape index (κ2) is 9.31. The van der Waals surface area contributed by atoms with Crippen LogP contribution in [0.15, 0.2) is 47.4 Å². The van der Waals surface area contributed by atoms with Crippen molar-refractivity contribution in [2.45, 2.75) is 39.3 Å². The molecule has 1 aliphatic rings. The van der Waals surface area contributed by atoms with Crippen molar-refractivity contribution >= 4 is 22.5 Å². The number of nitrogens with zero attached hydrogens (tertiary/aromatic N) is 2. The summed E-state index contributed by atoms with van der Waals surface area (Å²) < 4.78 is 7.22. The molecular weight excluding hydrogens is 392 g/mol. The summed E-state index contributed by atoms with van der Waals surface area (Å²) in [6.07, 6.45) is 3.74. The molecule has 1 aromatic carbocycles. The van der Waals surface area contributed by atoms with E-state index in [9.17, 15) is 9.59 Å². The van der Waals surface area contributed by atoms with Gasteiger partial charge in [-0.2, -0.15) is 0 Å². The van der Waals surface area contributed by atoms with Gasteiger partial charge in [0.15, 0.2) is 0 Å². The molecular formula is C24H28N4O3. The highest BCUT2D eigenvalue weighted by molar-refractivity contribution is 5.95. The van der Waals surface area contributed by atoms with E-state index in [0.29, 0.717) is 25.2 Å². The highest BCUT2D eigenvalue weighted by atomic mass is 16.5. The van der Waals surface area contributed by atoms with Crippen molar-refractivity contribution in [2.75, 3.05) is 25.0 Å². The first kappa shape index (κ1) is 21.1. The standard InChI is InChI=1S/C24H28N4O3/c1-16-9-12-28(15-18-6-5-13-31-18)24(30)22(16)23(29)26-11-10-25-21-14-17(2)27-20-8-4-3-7-19(20)21/h3-4,7-9,12,14,18H,5-6,10-11,13,15H2,1-2H3,(H,25,27)(H,26,29). The Hall–Kier alpha value is -3.19. The van der Waals surface area contributed by atoms with Crippen LogP contribution in [0.1, 0.15) is 34.5 Å². The van der Waals surface area contributed by atoms with Gasteiger partial charge in [-0.1, -0.05) is 18.2 Å². The summed E-state index contributed by atoms with van der Waals surface area (Å²) in [6, 6.07) is 11.8. The Morgan fingerprint density at radius 3 is 2.87 bits per heavy atom. The zero-order valence-electron chi connectivity index (χ0n) is 18.0. The first-order valence-electron chi connectivity index (χ1n) is 10.7. The largest absolute Gasteiger partial charge is 0.383 e. The van der Waals surface area contributed by atoms with Crippen LogP contribution in [0.5, 0.6) is 0 Å². The fraction of sp³-hybridized carbons (Fsp3) is 0.375. The van der Waals surface area contributed by atoms with Gasteiger partial charge in [0.2, 0.25) is 0 Å². The number of aryl methyl sites for hydroxylation is 2. The number of carbonyl (C=O) groups is 1. The van der Waals surface area contributed by atoms with E-state index in [4.69, 9.17) is 4.74 Å². The van der Waals surface area contributed by atoms with Crippen LogP contribution >= 0.6 is 0 Å². The molecule has 1 unspecified atom stereocenters. The molecule has 7 nitrogen and oxygen atoms in total. The Bertz CT molecular complexity index is 1150. The molecule has 162 valence electrons. The van der Waals surface area contributed by atoms with Gasteiger partial charge in [-0.15, -0.1) is 0 Å². The summed E-state index contributed by atoms with van der Waals surface area (Å²) in [5, 5.41) is 7.28. The molecule has 1 atom stereocenters. The SMILES string of the molecule is Cc1cc(NCCNC(=O)c2c(C)ccn(CC3CCCO3)c2=O)c2ccccc2n1. The molecule has 1 saturated heterocycles. The van der Waals surface area contributed by atoms with Crippen LogP contribution in [-0.2, 0) is 11.3 Å². The molecule has 1 amide bonds. The zero-order chi connectivity index (χ0) is 21.8. The van der Waals surface area contributed by atoms with Gasteiger partial charge in [0.1, 0.15) is 5.56 Å². The molecule has 4 rings (SSSR count). The van der Waals surface area contributed by atoms with E-state index in [0.717, 1.165) is 41.7 Å². The summed E-state index contributed by atoms with van der Waals surface area (Å²) >= 11 is 0. The van der Waals surface area contributed by atoms with Crippen LogP contribution in [0.4, 0.5) is 5.69 Å². The van der Waals surface area contributed by atoms with Crippen molar-refractivity contribution in [1.82, 2.24) is 14.9 Å². The molecule has 7 heteroatoms. The lowest BCUT2D eigenvalue weighted by molar-refractivity contribution is 0.0931. The van der Waals surface area contributed by atoms with Gasteiger partial charge in [-0.25, -0.2) is 0 Å². The zero-order valence-corrected chi connectivity index (χ0v) is 18.0. The number of anilines is 1. The minimum absolute atomic E-state index is 0.0409. The Morgan fingerprint density at radius 2 is 2.06 bits per heavy atom. The third kappa shape index (κ3) is 4.77. The first-order chi connectivity index (χ1) is 15.0. The van der Waals surface area contributed by atoms with Crippen LogP contribution in [0, 0.1) is 13.8 Å². The monoisotopic (exact) mass is 420 g/mol. The fourth-order valence-corrected chi connectivity index (χ4v) is 4.01. The van der Waals surface area contributed by atoms with E-state index in [-0.39, 0.29) is 23.1 Å². The number of aromatic nitrogens is 2. The molecule has 3 heterocycles. The molecule has 0 radical (unpaired) electrons. The highest BCUT2D eigenvalue weighted by Crippen LogP contribution is 2.22. The average Bonchev–Trinajstić information content (AvgIpc) is 3.26. The van der Waals surface area contributed by atoms with Gasteiger partial charge in [0, 0.05) is 42.7 Å². The Labute approximate surface area is 181 Å². The number of pyridine rings is 2. The van der Waals surface area contributed by atoms with Gasteiger partial charge in [0.25, 0.3) is 11.5 Å². The summed E-state index contributed by atoms with van der Waals surface area (Å²) in [5.74, 6) is -0.346. The van der Waals surface area contributed by atoms with Crippen molar-refractivity contribution in [1.29, 1.82) is 0 Å². The predicted octanol–water partition coefficient (Wildman–Crippen LogP) is 3.03. The summed E-state index contributed by atoms with van der Waals surface area (Å²) in [7, 11) is 0. The number of fused-ring (bicyclic) bond motifs is 1. The molecule has 2 aromatic heterocycles. The predicted molar refractivity (Wildman–Crippen MR) is 122 cm³/mol. The van der Waals surface area contributed by atoms with Crippen molar-refractivity contribution in [3.05, 3.63) is 69.8 Å². The van der Waals surface area contributed by atoms with Gasteiger partial charge in [-0.05, 0) is 50.5 Å². The summed E-state index contributed by atoms with van der Waals surface area (Å²) in [5.41, 5.74) is 3.45. The minimum atomic E-state index is -0.346. The number of hydrogen-bond acceptors (Lipinski definition) is 5. The fourth-order valence-electron chi connectivity index (χ4n) is 4.01. The Morgan fingerprint density at radius 1 is 1.23 bits per heavy atom. The molecule has 1 fully saturated rings. The lowest BCUT2D eigenvalue weighted by atomic mass is 10.1. The topological polar surface area (TPSA) is 85.2 Å². The number of carbonyl (C=O) groups excluding carboxylic acids is 1. The molecule has 31 heavy (non-hydrogen) atoms. The number of ether oxygens (including phenoxy) is 1. The second-order valence-corrected chi connectivity index (χ2v) is 7.98. The molecule has 1 aliphatic heterocycles. The maximum atomic E-state index is 12.9. The van der Waals surface area contributed by atoms with E-state index in [1.165, 1.54) is 0 Å². The van der Waals surface area contributed by atoms with Gasteiger partial charge < -0.3 is 19.9 Å². The normalized spacial score (nSPS) is 15.9. The smallest absolute Gasteiger partial charge is 0.263 e. The number of amides is 1. The molecule has 3 aromatic rings. The highest BCUT2D eigenvalue weighted by Gasteiger charge is 2.20. The van der Waals surface area contributed by atoms with Gasteiger partial charge in [-0.3, -0.25) is 14.6 Å². The third-order valence-corrected chi connectivity index (χ3v) is 5.60. The molecule has 2 N–H and O–H groups in total. The number of nitrogens with one attached hydrogen (secondary N) is 2. The van der Waals surface area contributed by atoms with Crippen LogP contribution in [0.25, 0.3) is 10.9 Å². The third-order valence-electron chi connectivity index (χ3n) is 5.60. The number of benzene rings is 1. The van der Waals surface area contributed by atoms with Gasteiger partial charge in [0.05, 0.1) is 18.2 Å². The number of rotatable bonds is 7. The van der Waals surface area contributed by atoms with Crippen LogP contribution < -0.4 is 16.2 Å². The second-order valence-electron chi connectivity index (χ2n) is 7.98. The first-order valence-corrected chi connectivity index (χ1v) is 10.7. The molecule has 0 aliphatic carbocycles. The van der Waals surface area contributed by atoms with E-state index < -0.39 is 0 Å². The number of hydrogen-bond donors (Lipinski definition) is 2. The molecule has 0 bridgehead atoms. The van der Waals surface area contributed by atoms with E-state index in [2.05, 4.69) is 15.6 Å². The maximum absolute atomic E-state index is 12.9. The van der Waals surface area contributed by atoms with Crippen molar-refractivity contribution in [3.8, 4) is 0 Å². The lowest BCUT2D eigenvalue weighted by Gasteiger charge is -2.15. The van der Waals surface area contributed by atoms with E-state index in [1.54, 1.807) is 17.7 Å². The van der Waals surface area contributed by atoms with Crippen molar-refractivity contribution in [2.24, 2.45) is 0 Å². The average molecular weight is 421 g/mol. The minimum Gasteiger partial charge on any atom is -0.383 e. The van der Waals surface area contributed by atoms with E-state index >= 15 is 0 Å². The van der Waals surface area contributed by atoms with Crippen molar-refractivity contribution in [3.63, 3.8) is 0 Å². The maximum Gasteiger partial charge on any atom is 0.263 e. The van der Waals surface area contributed by atoms with E-state index in [1.807, 2.05) is 43.3 Å². The number of para-hydroxylation sites is 1. The quantitative estimate of drug-likeness (QED) is 0.574. The van der Waals surface area contributed by atoms with Crippen molar-refractivity contribution < 1.29 is 9.53 Å². The lowest BCUT2D eigenvalue weighted by Crippen LogP contribution is -2.37. The molecule has 0 saturated carbocycles. The Balaban J connectivity index is 1.40.